The first-order valence-corrected chi connectivity index (χ1v) is 9.27. The van der Waals surface area contributed by atoms with Crippen molar-refractivity contribution in [1.29, 1.82) is 0 Å². The Morgan fingerprint density at radius 3 is 2.79 bits per heavy atom. The van der Waals surface area contributed by atoms with Crippen LogP contribution in [0, 0.1) is 0 Å². The quantitative estimate of drug-likeness (QED) is 0.502. The standard InChI is InChI=1S/C21H19ClN4O2/c1-3-26-17-8-5-9-19(28-2)15(17)11-18(26)16-12-20(25-24-16)23-21(27)13-6-4-7-14(22)10-13/h4-12H,3H2,1-2H3,(H2,23,24,25,27). The van der Waals surface area contributed by atoms with Gasteiger partial charge in [-0.3, -0.25) is 9.89 Å². The highest BCUT2D eigenvalue weighted by Gasteiger charge is 2.16. The van der Waals surface area contributed by atoms with E-state index in [-0.39, 0.29) is 5.91 Å². The number of carbonyl (C=O) groups excluding carboxylic acids is 1. The Kier molecular flexibility index (Phi) is 4.79. The average Bonchev–Trinajstić information content (AvgIpc) is 3.31. The third kappa shape index (κ3) is 3.23. The number of rotatable bonds is 5. The van der Waals surface area contributed by atoms with Crippen LogP contribution in [0.25, 0.3) is 22.3 Å². The molecule has 0 unspecified atom stereocenters. The molecule has 0 saturated carbocycles. The molecule has 1 amide bonds. The average molecular weight is 395 g/mol. The van der Waals surface area contributed by atoms with Crippen LogP contribution in [0.3, 0.4) is 0 Å². The molecule has 4 rings (SSSR count). The smallest absolute Gasteiger partial charge is 0.256 e. The van der Waals surface area contributed by atoms with Gasteiger partial charge in [0.1, 0.15) is 5.75 Å². The van der Waals surface area contributed by atoms with Crippen molar-refractivity contribution < 1.29 is 9.53 Å². The second kappa shape index (κ2) is 7.40. The van der Waals surface area contributed by atoms with E-state index in [2.05, 4.69) is 39.1 Å². The summed E-state index contributed by atoms with van der Waals surface area (Å²) in [4.78, 5) is 12.4. The number of carbonyl (C=O) groups is 1. The summed E-state index contributed by atoms with van der Waals surface area (Å²) in [5, 5.41) is 11.6. The van der Waals surface area contributed by atoms with Gasteiger partial charge in [0.2, 0.25) is 0 Å². The van der Waals surface area contributed by atoms with E-state index in [1.165, 1.54) is 0 Å². The SMILES string of the molecule is CCn1c(-c2cc(NC(=O)c3cccc(Cl)c3)n[nH]2)cc2c(OC)cccc21. The number of aromatic nitrogens is 3. The number of methoxy groups -OCH3 is 1. The fraction of sp³-hybridized carbons (Fsp3) is 0.143. The second-order valence-corrected chi connectivity index (χ2v) is 6.73. The van der Waals surface area contributed by atoms with Crippen molar-refractivity contribution in [1.82, 2.24) is 14.8 Å². The minimum Gasteiger partial charge on any atom is -0.496 e. The number of H-pyrrole nitrogens is 1. The van der Waals surface area contributed by atoms with Crippen LogP contribution in [0.1, 0.15) is 17.3 Å². The summed E-state index contributed by atoms with van der Waals surface area (Å²) in [5.74, 6) is 0.998. The van der Waals surface area contributed by atoms with Crippen LogP contribution < -0.4 is 10.1 Å². The van der Waals surface area contributed by atoms with Crippen molar-refractivity contribution in [2.45, 2.75) is 13.5 Å². The predicted octanol–water partition coefficient (Wildman–Crippen LogP) is 4.97. The second-order valence-electron chi connectivity index (χ2n) is 6.30. The number of fused-ring (bicyclic) bond motifs is 1. The molecule has 0 bridgehead atoms. The van der Waals surface area contributed by atoms with Gasteiger partial charge in [0, 0.05) is 28.6 Å². The molecule has 2 heterocycles. The lowest BCUT2D eigenvalue weighted by Crippen LogP contribution is -2.11. The molecule has 0 fully saturated rings. The maximum Gasteiger partial charge on any atom is 0.256 e. The minimum atomic E-state index is -0.266. The van der Waals surface area contributed by atoms with Gasteiger partial charge in [0.15, 0.2) is 5.82 Å². The van der Waals surface area contributed by atoms with E-state index in [1.807, 2.05) is 18.2 Å². The van der Waals surface area contributed by atoms with Gasteiger partial charge in [-0.15, -0.1) is 0 Å². The fourth-order valence-electron chi connectivity index (χ4n) is 3.33. The Balaban J connectivity index is 1.67. The Labute approximate surface area is 167 Å². The van der Waals surface area contributed by atoms with Gasteiger partial charge in [-0.05, 0) is 43.3 Å². The van der Waals surface area contributed by atoms with Gasteiger partial charge in [-0.2, -0.15) is 5.10 Å². The fourth-order valence-corrected chi connectivity index (χ4v) is 3.52. The molecule has 0 atom stereocenters. The summed E-state index contributed by atoms with van der Waals surface area (Å²) < 4.78 is 7.66. The van der Waals surface area contributed by atoms with Crippen LogP contribution in [-0.4, -0.2) is 27.8 Å². The Morgan fingerprint density at radius 2 is 2.04 bits per heavy atom. The summed E-state index contributed by atoms with van der Waals surface area (Å²) in [6.45, 7) is 2.87. The summed E-state index contributed by atoms with van der Waals surface area (Å²) in [5.41, 5.74) is 3.33. The molecule has 2 aromatic heterocycles. The molecular weight excluding hydrogens is 376 g/mol. The first-order chi connectivity index (χ1) is 13.6. The Hall–Kier alpha value is -3.25. The van der Waals surface area contributed by atoms with Crippen molar-refractivity contribution in [2.75, 3.05) is 12.4 Å². The number of halogens is 1. The molecule has 0 radical (unpaired) electrons. The number of hydrogen-bond acceptors (Lipinski definition) is 3. The number of aromatic amines is 1. The van der Waals surface area contributed by atoms with Crippen molar-refractivity contribution in [3.8, 4) is 17.1 Å². The highest BCUT2D eigenvalue weighted by Crippen LogP contribution is 2.33. The molecule has 142 valence electrons. The molecule has 0 aliphatic rings. The van der Waals surface area contributed by atoms with E-state index in [4.69, 9.17) is 16.3 Å². The van der Waals surface area contributed by atoms with Crippen molar-refractivity contribution in [2.24, 2.45) is 0 Å². The first kappa shape index (κ1) is 18.1. The lowest BCUT2D eigenvalue weighted by atomic mass is 10.2. The molecule has 2 N–H and O–H groups in total. The molecule has 0 aliphatic heterocycles. The monoisotopic (exact) mass is 394 g/mol. The van der Waals surface area contributed by atoms with Crippen LogP contribution in [-0.2, 0) is 6.54 Å². The third-order valence-electron chi connectivity index (χ3n) is 4.62. The highest BCUT2D eigenvalue weighted by molar-refractivity contribution is 6.31. The number of amides is 1. The van der Waals surface area contributed by atoms with E-state index < -0.39 is 0 Å². The maximum atomic E-state index is 12.4. The number of ether oxygens (including phenoxy) is 1. The molecule has 6 nitrogen and oxygen atoms in total. The van der Waals surface area contributed by atoms with Crippen LogP contribution in [0.4, 0.5) is 5.82 Å². The molecule has 0 spiro atoms. The molecule has 2 aromatic carbocycles. The van der Waals surface area contributed by atoms with E-state index in [1.54, 1.807) is 31.4 Å². The van der Waals surface area contributed by atoms with E-state index >= 15 is 0 Å². The summed E-state index contributed by atoms with van der Waals surface area (Å²) in [6, 6.07) is 16.6. The number of nitrogens with one attached hydrogen (secondary N) is 2. The third-order valence-corrected chi connectivity index (χ3v) is 4.86. The lowest BCUT2D eigenvalue weighted by Gasteiger charge is -2.06. The minimum absolute atomic E-state index is 0.266. The van der Waals surface area contributed by atoms with Crippen molar-refractivity contribution in [3.63, 3.8) is 0 Å². The number of nitrogens with zero attached hydrogens (tertiary/aromatic N) is 2. The van der Waals surface area contributed by atoms with Crippen LogP contribution in [0.5, 0.6) is 5.75 Å². The van der Waals surface area contributed by atoms with Crippen molar-refractivity contribution >= 4 is 34.2 Å². The van der Waals surface area contributed by atoms with Gasteiger partial charge < -0.3 is 14.6 Å². The Morgan fingerprint density at radius 1 is 1.21 bits per heavy atom. The van der Waals surface area contributed by atoms with Crippen LogP contribution >= 0.6 is 11.6 Å². The van der Waals surface area contributed by atoms with Gasteiger partial charge >= 0.3 is 0 Å². The summed E-state index contributed by atoms with van der Waals surface area (Å²) in [7, 11) is 1.66. The number of benzene rings is 2. The zero-order valence-electron chi connectivity index (χ0n) is 15.5. The lowest BCUT2D eigenvalue weighted by molar-refractivity contribution is 0.102. The first-order valence-electron chi connectivity index (χ1n) is 8.89. The Bertz CT molecular complexity index is 1160. The highest BCUT2D eigenvalue weighted by atomic mass is 35.5. The normalized spacial score (nSPS) is 11.0. The van der Waals surface area contributed by atoms with Gasteiger partial charge in [-0.25, -0.2) is 0 Å². The summed E-state index contributed by atoms with van der Waals surface area (Å²) in [6.07, 6.45) is 0. The van der Waals surface area contributed by atoms with E-state index in [9.17, 15) is 4.79 Å². The molecule has 7 heteroatoms. The number of anilines is 1. The van der Waals surface area contributed by atoms with Crippen LogP contribution in [0.2, 0.25) is 5.02 Å². The number of hydrogen-bond donors (Lipinski definition) is 2. The number of aryl methyl sites for hydroxylation is 1. The van der Waals surface area contributed by atoms with Gasteiger partial charge in [0.25, 0.3) is 5.91 Å². The molecule has 0 saturated heterocycles. The molecule has 4 aromatic rings. The predicted molar refractivity (Wildman–Crippen MR) is 111 cm³/mol. The van der Waals surface area contributed by atoms with E-state index in [0.29, 0.717) is 16.4 Å². The molecule has 28 heavy (non-hydrogen) atoms. The van der Waals surface area contributed by atoms with Gasteiger partial charge in [0.05, 0.1) is 24.0 Å². The zero-order chi connectivity index (χ0) is 19.7. The van der Waals surface area contributed by atoms with Gasteiger partial charge in [-0.1, -0.05) is 23.7 Å². The van der Waals surface area contributed by atoms with Crippen molar-refractivity contribution in [3.05, 3.63) is 65.2 Å². The zero-order valence-corrected chi connectivity index (χ0v) is 16.2. The largest absolute Gasteiger partial charge is 0.496 e. The topological polar surface area (TPSA) is 71.9 Å². The van der Waals surface area contributed by atoms with Crippen LogP contribution in [0.15, 0.2) is 54.6 Å². The molecular formula is C21H19ClN4O2. The summed E-state index contributed by atoms with van der Waals surface area (Å²) >= 11 is 5.96. The molecule has 0 aliphatic carbocycles. The maximum absolute atomic E-state index is 12.4. The van der Waals surface area contributed by atoms with E-state index in [0.717, 1.165) is 34.6 Å².